The molecule has 1 saturated heterocycles. The van der Waals surface area contributed by atoms with Gasteiger partial charge >= 0.3 is 12.3 Å². The quantitative estimate of drug-likeness (QED) is 0.697. The molecule has 2 atom stereocenters. The zero-order valence-corrected chi connectivity index (χ0v) is 16.2. The number of aromatic nitrogens is 2. The Balaban J connectivity index is 1.87. The number of nitrogens with one attached hydrogen (secondary N) is 2. The van der Waals surface area contributed by atoms with Crippen LogP contribution in [0.4, 0.5) is 38.4 Å². The Labute approximate surface area is 173 Å². The first-order valence-electron chi connectivity index (χ1n) is 9.45. The van der Waals surface area contributed by atoms with E-state index < -0.39 is 30.4 Å². The number of halogens is 5. The first kappa shape index (κ1) is 21.2. The minimum absolute atomic E-state index is 0.0844. The zero-order chi connectivity index (χ0) is 22.3. The Kier molecular flexibility index (Phi) is 5.42. The number of hydrogen-bond acceptors (Lipinski definition) is 6. The van der Waals surface area contributed by atoms with Crippen molar-refractivity contribution in [3.8, 4) is 11.3 Å². The third-order valence-corrected chi connectivity index (χ3v) is 5.05. The molecule has 0 unspecified atom stereocenters. The maximum absolute atomic E-state index is 13.6. The second-order valence-electron chi connectivity index (χ2n) is 7.32. The van der Waals surface area contributed by atoms with Crippen LogP contribution in [0.5, 0.6) is 0 Å². The molecule has 0 radical (unpaired) electrons. The van der Waals surface area contributed by atoms with Crippen LogP contribution in [0, 0.1) is 0 Å². The molecule has 1 fully saturated rings. The van der Waals surface area contributed by atoms with Crippen molar-refractivity contribution in [3.63, 3.8) is 0 Å². The standard InChI is InChI=1S/C19H18F5N5O2/c1-9-8-29(5-4-25-9)13-7-10(16(20)21)6-12(27-13)11-2-3-26-17-14(11)15(19(22,23)24)31-18(30)28-17/h2-3,6-7,9,15-16,25H,4-5,8H2,1H3,(H,26,28,30)/t9-,15+/m0/s1. The van der Waals surface area contributed by atoms with Crippen LogP contribution in [-0.4, -0.2) is 47.9 Å². The van der Waals surface area contributed by atoms with Gasteiger partial charge in [0.2, 0.25) is 6.10 Å². The Morgan fingerprint density at radius 1 is 1.29 bits per heavy atom. The summed E-state index contributed by atoms with van der Waals surface area (Å²) in [6, 6.07) is 3.60. The zero-order valence-electron chi connectivity index (χ0n) is 16.2. The van der Waals surface area contributed by atoms with E-state index in [2.05, 4.69) is 25.3 Å². The van der Waals surface area contributed by atoms with E-state index >= 15 is 0 Å². The predicted molar refractivity (Wildman–Crippen MR) is 101 cm³/mol. The van der Waals surface area contributed by atoms with Crippen molar-refractivity contribution in [2.24, 2.45) is 0 Å². The number of fused-ring (bicyclic) bond motifs is 1. The van der Waals surface area contributed by atoms with Crippen molar-refractivity contribution in [1.29, 1.82) is 0 Å². The van der Waals surface area contributed by atoms with Crippen LogP contribution in [0.15, 0.2) is 24.4 Å². The molecule has 0 saturated carbocycles. The number of piperazine rings is 1. The van der Waals surface area contributed by atoms with Gasteiger partial charge in [-0.2, -0.15) is 13.2 Å². The van der Waals surface area contributed by atoms with E-state index in [0.717, 1.165) is 6.07 Å². The highest BCUT2D eigenvalue weighted by atomic mass is 19.4. The van der Waals surface area contributed by atoms with Gasteiger partial charge in [-0.05, 0) is 25.1 Å². The molecule has 0 spiro atoms. The summed E-state index contributed by atoms with van der Waals surface area (Å²) in [6.07, 6.45) is -10.5. The summed E-state index contributed by atoms with van der Waals surface area (Å²) in [5.41, 5.74) is -1.04. The molecule has 2 aromatic rings. The molecule has 2 N–H and O–H groups in total. The van der Waals surface area contributed by atoms with Crippen LogP contribution in [0.1, 0.15) is 30.6 Å². The summed E-state index contributed by atoms with van der Waals surface area (Å²) in [5.74, 6) is -0.117. The van der Waals surface area contributed by atoms with E-state index in [-0.39, 0.29) is 34.5 Å². The van der Waals surface area contributed by atoms with Gasteiger partial charge in [0.25, 0.3) is 6.43 Å². The summed E-state index contributed by atoms with van der Waals surface area (Å²) in [6.45, 7) is 3.54. The van der Waals surface area contributed by atoms with Crippen LogP contribution in [0.3, 0.4) is 0 Å². The molecule has 1 amide bonds. The number of carbonyl (C=O) groups excluding carboxylic acids is 1. The van der Waals surface area contributed by atoms with Crippen LogP contribution in [-0.2, 0) is 4.74 Å². The Hall–Kier alpha value is -3.02. The van der Waals surface area contributed by atoms with Gasteiger partial charge in [0.15, 0.2) is 0 Å². The predicted octanol–water partition coefficient (Wildman–Crippen LogP) is 4.04. The molecule has 0 bridgehead atoms. The lowest BCUT2D eigenvalue weighted by Gasteiger charge is -2.33. The fourth-order valence-electron chi connectivity index (χ4n) is 3.69. The second kappa shape index (κ2) is 7.91. The van der Waals surface area contributed by atoms with Gasteiger partial charge in [-0.3, -0.25) is 5.32 Å². The number of amides is 1. The van der Waals surface area contributed by atoms with Gasteiger partial charge < -0.3 is 15.0 Å². The maximum Gasteiger partial charge on any atom is 0.430 e. The minimum atomic E-state index is -4.93. The normalized spacial score (nSPS) is 21.5. The van der Waals surface area contributed by atoms with E-state index in [0.29, 0.717) is 19.6 Å². The highest BCUT2D eigenvalue weighted by molar-refractivity contribution is 5.89. The number of carbonyl (C=O) groups is 1. The average Bonchev–Trinajstić information content (AvgIpc) is 2.71. The van der Waals surface area contributed by atoms with Gasteiger partial charge in [0.05, 0.1) is 11.3 Å². The summed E-state index contributed by atoms with van der Waals surface area (Å²) < 4.78 is 72.6. The van der Waals surface area contributed by atoms with Gasteiger partial charge in [-0.25, -0.2) is 23.5 Å². The van der Waals surface area contributed by atoms with Crippen molar-refractivity contribution in [2.45, 2.75) is 31.7 Å². The maximum atomic E-state index is 13.6. The molecule has 0 aliphatic carbocycles. The minimum Gasteiger partial charge on any atom is -0.431 e. The smallest absolute Gasteiger partial charge is 0.430 e. The molecule has 2 aliphatic rings. The van der Waals surface area contributed by atoms with Gasteiger partial charge in [0.1, 0.15) is 11.6 Å². The van der Waals surface area contributed by atoms with E-state index in [4.69, 9.17) is 0 Å². The highest BCUT2D eigenvalue weighted by Crippen LogP contribution is 2.45. The number of alkyl halides is 5. The molecule has 4 heterocycles. The molecule has 31 heavy (non-hydrogen) atoms. The number of ether oxygens (including phenoxy) is 1. The lowest BCUT2D eigenvalue weighted by Crippen LogP contribution is -2.49. The number of anilines is 2. The van der Waals surface area contributed by atoms with Crippen molar-refractivity contribution in [2.75, 3.05) is 29.9 Å². The van der Waals surface area contributed by atoms with Crippen LogP contribution in [0.2, 0.25) is 0 Å². The lowest BCUT2D eigenvalue weighted by atomic mass is 9.98. The van der Waals surface area contributed by atoms with Gasteiger partial charge in [-0.1, -0.05) is 0 Å². The lowest BCUT2D eigenvalue weighted by molar-refractivity contribution is -0.206. The van der Waals surface area contributed by atoms with Crippen molar-refractivity contribution in [1.82, 2.24) is 15.3 Å². The van der Waals surface area contributed by atoms with E-state index in [1.807, 2.05) is 6.92 Å². The van der Waals surface area contributed by atoms with Crippen molar-refractivity contribution >= 4 is 17.7 Å². The van der Waals surface area contributed by atoms with Gasteiger partial charge in [-0.15, -0.1) is 0 Å². The Morgan fingerprint density at radius 2 is 2.06 bits per heavy atom. The number of pyridine rings is 2. The number of cyclic esters (lactones) is 1. The monoisotopic (exact) mass is 443 g/mol. The van der Waals surface area contributed by atoms with Crippen molar-refractivity contribution in [3.05, 3.63) is 35.5 Å². The van der Waals surface area contributed by atoms with E-state index in [9.17, 15) is 26.7 Å². The fourth-order valence-corrected chi connectivity index (χ4v) is 3.69. The second-order valence-corrected chi connectivity index (χ2v) is 7.32. The van der Waals surface area contributed by atoms with E-state index in [1.54, 1.807) is 4.90 Å². The SMILES string of the molecule is C[C@H]1CN(c2cc(C(F)F)cc(-c3ccnc4c3[C@H](C(F)(F)F)OC(=O)N4)n2)CCN1. The third-order valence-electron chi connectivity index (χ3n) is 5.05. The number of nitrogens with zero attached hydrogens (tertiary/aromatic N) is 3. The van der Waals surface area contributed by atoms with Crippen LogP contribution in [0.25, 0.3) is 11.3 Å². The van der Waals surface area contributed by atoms with E-state index in [1.165, 1.54) is 18.3 Å². The summed E-state index contributed by atoms with van der Waals surface area (Å²) >= 11 is 0. The fraction of sp³-hybridized carbons (Fsp3) is 0.421. The summed E-state index contributed by atoms with van der Waals surface area (Å²) in [5, 5.41) is 5.35. The first-order valence-corrected chi connectivity index (χ1v) is 9.45. The summed E-state index contributed by atoms with van der Waals surface area (Å²) in [7, 11) is 0. The number of rotatable bonds is 3. The third kappa shape index (κ3) is 4.24. The number of hydrogen-bond donors (Lipinski definition) is 2. The average molecular weight is 443 g/mol. The van der Waals surface area contributed by atoms with Gasteiger partial charge in [0, 0.05) is 43.0 Å². The van der Waals surface area contributed by atoms with Crippen LogP contribution < -0.4 is 15.5 Å². The molecular weight excluding hydrogens is 425 g/mol. The molecule has 4 rings (SSSR count). The van der Waals surface area contributed by atoms with Crippen LogP contribution >= 0.6 is 0 Å². The highest BCUT2D eigenvalue weighted by Gasteiger charge is 2.49. The topological polar surface area (TPSA) is 79.4 Å². The Morgan fingerprint density at radius 3 is 2.74 bits per heavy atom. The summed E-state index contributed by atoms with van der Waals surface area (Å²) in [4.78, 5) is 21.5. The first-order chi connectivity index (χ1) is 14.6. The molecule has 166 valence electrons. The molecular formula is C19H18F5N5O2. The molecule has 7 nitrogen and oxygen atoms in total. The van der Waals surface area contributed by atoms with Crippen molar-refractivity contribution < 1.29 is 31.5 Å². The molecule has 12 heteroatoms. The largest absolute Gasteiger partial charge is 0.431 e. The molecule has 0 aromatic carbocycles. The Bertz CT molecular complexity index is 1000. The molecule has 2 aromatic heterocycles. The molecule has 2 aliphatic heterocycles.